The molecule has 0 unspecified atom stereocenters. The van der Waals surface area contributed by atoms with Gasteiger partial charge in [-0.2, -0.15) is 4.72 Å². The van der Waals surface area contributed by atoms with Crippen molar-refractivity contribution in [1.82, 2.24) is 4.72 Å². The number of rotatable bonds is 8. The lowest BCUT2D eigenvalue weighted by Gasteiger charge is -2.20. The van der Waals surface area contributed by atoms with E-state index in [1.807, 2.05) is 67.6 Å². The van der Waals surface area contributed by atoms with Crippen molar-refractivity contribution in [2.24, 2.45) is 0 Å². The first-order valence-corrected chi connectivity index (χ1v) is 12.3. The highest BCUT2D eigenvalue weighted by Crippen LogP contribution is 2.26. The minimum Gasteiger partial charge on any atom is -0.495 e. The van der Waals surface area contributed by atoms with Crippen LogP contribution in [0.15, 0.2) is 95.9 Å². The number of benzene rings is 4. The van der Waals surface area contributed by atoms with E-state index in [-0.39, 0.29) is 11.3 Å². The molecule has 2 N–H and O–H groups in total. The second kappa shape index (κ2) is 10.1. The van der Waals surface area contributed by atoms with Gasteiger partial charge in [-0.3, -0.25) is 4.79 Å². The van der Waals surface area contributed by atoms with Gasteiger partial charge in [-0.25, -0.2) is 8.42 Å². The Hall–Kier alpha value is -3.68. The Labute approximate surface area is 199 Å². The first-order chi connectivity index (χ1) is 16.4. The van der Waals surface area contributed by atoms with Crippen molar-refractivity contribution in [2.45, 2.75) is 24.3 Å². The van der Waals surface area contributed by atoms with E-state index < -0.39 is 22.0 Å². The first kappa shape index (κ1) is 23.5. The van der Waals surface area contributed by atoms with Gasteiger partial charge in [0, 0.05) is 0 Å². The number of anilines is 1. The van der Waals surface area contributed by atoms with E-state index in [2.05, 4.69) is 10.0 Å². The third-order valence-electron chi connectivity index (χ3n) is 5.54. The smallest absolute Gasteiger partial charge is 0.243 e. The number of aryl methyl sites for hydroxylation is 1. The summed E-state index contributed by atoms with van der Waals surface area (Å²) < 4.78 is 34.6. The molecule has 4 aromatic rings. The van der Waals surface area contributed by atoms with Gasteiger partial charge in [0.25, 0.3) is 0 Å². The van der Waals surface area contributed by atoms with Crippen LogP contribution in [-0.4, -0.2) is 27.5 Å². The molecule has 7 heteroatoms. The molecule has 0 spiro atoms. The third-order valence-corrected chi connectivity index (χ3v) is 7.01. The minimum atomic E-state index is -3.97. The Kier molecular flexibility index (Phi) is 6.95. The van der Waals surface area contributed by atoms with E-state index >= 15 is 0 Å². The maximum Gasteiger partial charge on any atom is 0.243 e. The standard InChI is InChI=1S/C27H26N2O4S/c1-19-12-15-26(33-2)24(16-19)28-27(30)25(17-20-8-4-3-5-9-20)29-34(31,32)23-14-13-21-10-6-7-11-22(21)18-23/h3-16,18,25,29H,17H2,1-2H3,(H,28,30)/t25-/m0/s1. The maximum atomic E-state index is 13.3. The van der Waals surface area contributed by atoms with Crippen molar-refractivity contribution in [1.29, 1.82) is 0 Å². The predicted octanol–water partition coefficient (Wildman–Crippen LogP) is 4.69. The molecule has 0 saturated carbocycles. The van der Waals surface area contributed by atoms with Crippen LogP contribution in [0.3, 0.4) is 0 Å². The van der Waals surface area contributed by atoms with Crippen LogP contribution >= 0.6 is 0 Å². The molecular weight excluding hydrogens is 448 g/mol. The molecule has 0 aliphatic carbocycles. The number of fused-ring (bicyclic) bond motifs is 1. The fraction of sp³-hybridized carbons (Fsp3) is 0.148. The zero-order chi connectivity index (χ0) is 24.1. The molecule has 0 radical (unpaired) electrons. The molecule has 174 valence electrons. The highest BCUT2D eigenvalue weighted by Gasteiger charge is 2.27. The van der Waals surface area contributed by atoms with Crippen LogP contribution in [0.1, 0.15) is 11.1 Å². The average molecular weight is 475 g/mol. The van der Waals surface area contributed by atoms with Crippen molar-refractivity contribution in [3.8, 4) is 5.75 Å². The van der Waals surface area contributed by atoms with Gasteiger partial charge in [-0.15, -0.1) is 0 Å². The lowest BCUT2D eigenvalue weighted by Crippen LogP contribution is -2.45. The summed E-state index contributed by atoms with van der Waals surface area (Å²) in [5.41, 5.74) is 2.25. The number of methoxy groups -OCH3 is 1. The normalized spacial score (nSPS) is 12.3. The molecule has 34 heavy (non-hydrogen) atoms. The number of sulfonamides is 1. The highest BCUT2D eigenvalue weighted by molar-refractivity contribution is 7.89. The maximum absolute atomic E-state index is 13.3. The molecule has 4 aromatic carbocycles. The first-order valence-electron chi connectivity index (χ1n) is 10.9. The number of hydrogen-bond donors (Lipinski definition) is 2. The molecule has 1 atom stereocenters. The Bertz CT molecular complexity index is 1420. The van der Waals surface area contributed by atoms with Gasteiger partial charge in [0.15, 0.2) is 0 Å². The summed E-state index contributed by atoms with van der Waals surface area (Å²) in [6.45, 7) is 1.90. The Balaban J connectivity index is 1.65. The number of nitrogens with one attached hydrogen (secondary N) is 2. The van der Waals surface area contributed by atoms with Gasteiger partial charge in [0.1, 0.15) is 11.8 Å². The number of carbonyl (C=O) groups excluding carboxylic acids is 1. The average Bonchev–Trinajstić information content (AvgIpc) is 2.84. The third kappa shape index (κ3) is 5.44. The van der Waals surface area contributed by atoms with E-state index in [1.54, 1.807) is 30.3 Å². The topological polar surface area (TPSA) is 84.5 Å². The molecule has 1 amide bonds. The number of amides is 1. The van der Waals surface area contributed by atoms with Gasteiger partial charge in [0.05, 0.1) is 17.7 Å². The van der Waals surface area contributed by atoms with Crippen molar-refractivity contribution in [3.63, 3.8) is 0 Å². The SMILES string of the molecule is COc1ccc(C)cc1NC(=O)[C@H](Cc1ccccc1)NS(=O)(=O)c1ccc2ccccc2c1. The monoisotopic (exact) mass is 474 g/mol. The fourth-order valence-electron chi connectivity index (χ4n) is 3.77. The zero-order valence-electron chi connectivity index (χ0n) is 19.0. The fourth-order valence-corrected chi connectivity index (χ4v) is 5.00. The number of hydrogen-bond acceptors (Lipinski definition) is 4. The van der Waals surface area contributed by atoms with Crippen LogP contribution in [0, 0.1) is 6.92 Å². The number of ether oxygens (including phenoxy) is 1. The Morgan fingerprint density at radius 1 is 0.882 bits per heavy atom. The summed E-state index contributed by atoms with van der Waals surface area (Å²) >= 11 is 0. The van der Waals surface area contributed by atoms with Crippen molar-refractivity contribution in [2.75, 3.05) is 12.4 Å². The summed E-state index contributed by atoms with van der Waals surface area (Å²) in [6.07, 6.45) is 0.188. The zero-order valence-corrected chi connectivity index (χ0v) is 19.8. The van der Waals surface area contributed by atoms with Crippen LogP contribution in [0.2, 0.25) is 0 Å². The van der Waals surface area contributed by atoms with Gasteiger partial charge in [-0.1, -0.05) is 66.7 Å². The van der Waals surface area contributed by atoms with Crippen molar-refractivity contribution >= 4 is 32.4 Å². The second-order valence-corrected chi connectivity index (χ2v) is 9.78. The molecular formula is C27H26N2O4S. The molecule has 4 rings (SSSR count). The molecule has 0 aliphatic rings. The largest absolute Gasteiger partial charge is 0.495 e. The molecule has 0 fully saturated rings. The van der Waals surface area contributed by atoms with Gasteiger partial charge >= 0.3 is 0 Å². The summed E-state index contributed by atoms with van der Waals surface area (Å²) in [6, 6.07) is 26.1. The number of carbonyl (C=O) groups is 1. The Morgan fingerprint density at radius 2 is 1.59 bits per heavy atom. The van der Waals surface area contributed by atoms with Gasteiger partial charge in [0.2, 0.25) is 15.9 Å². The van der Waals surface area contributed by atoms with Gasteiger partial charge in [-0.05, 0) is 59.5 Å². The van der Waals surface area contributed by atoms with Crippen LogP contribution < -0.4 is 14.8 Å². The molecule has 0 heterocycles. The lowest BCUT2D eigenvalue weighted by atomic mass is 10.1. The molecule has 6 nitrogen and oxygen atoms in total. The quantitative estimate of drug-likeness (QED) is 0.388. The molecule has 0 bridgehead atoms. The van der Waals surface area contributed by atoms with E-state index in [0.717, 1.165) is 21.9 Å². The lowest BCUT2D eigenvalue weighted by molar-refractivity contribution is -0.117. The van der Waals surface area contributed by atoms with E-state index in [9.17, 15) is 13.2 Å². The molecule has 0 aliphatic heterocycles. The van der Waals surface area contributed by atoms with E-state index in [1.165, 1.54) is 7.11 Å². The molecule has 0 aromatic heterocycles. The Morgan fingerprint density at radius 3 is 2.32 bits per heavy atom. The van der Waals surface area contributed by atoms with Gasteiger partial charge < -0.3 is 10.1 Å². The minimum absolute atomic E-state index is 0.102. The van der Waals surface area contributed by atoms with Crippen LogP contribution in [0.5, 0.6) is 5.75 Å². The van der Waals surface area contributed by atoms with Crippen LogP contribution in [0.25, 0.3) is 10.8 Å². The van der Waals surface area contributed by atoms with Crippen LogP contribution in [-0.2, 0) is 21.2 Å². The van der Waals surface area contributed by atoms with Crippen molar-refractivity contribution < 1.29 is 17.9 Å². The molecule has 0 saturated heterocycles. The van der Waals surface area contributed by atoms with Crippen LogP contribution in [0.4, 0.5) is 5.69 Å². The summed E-state index contributed by atoms with van der Waals surface area (Å²) in [5, 5.41) is 4.58. The summed E-state index contributed by atoms with van der Waals surface area (Å²) in [4.78, 5) is 13.4. The highest BCUT2D eigenvalue weighted by atomic mass is 32.2. The van der Waals surface area contributed by atoms with E-state index in [4.69, 9.17) is 4.74 Å². The summed E-state index contributed by atoms with van der Waals surface area (Å²) in [7, 11) is -2.46. The predicted molar refractivity (Wildman–Crippen MR) is 135 cm³/mol. The van der Waals surface area contributed by atoms with Crippen molar-refractivity contribution in [3.05, 3.63) is 102 Å². The second-order valence-electron chi connectivity index (χ2n) is 8.07. The summed E-state index contributed by atoms with van der Waals surface area (Å²) in [5.74, 6) is 0.0203. The van der Waals surface area contributed by atoms with E-state index in [0.29, 0.717) is 11.4 Å².